The molecule has 5 nitrogen and oxygen atoms in total. The van der Waals surface area contributed by atoms with Crippen molar-refractivity contribution in [2.75, 3.05) is 37.9 Å². The van der Waals surface area contributed by atoms with Crippen molar-refractivity contribution in [3.8, 4) is 0 Å². The van der Waals surface area contributed by atoms with Crippen molar-refractivity contribution in [1.82, 2.24) is 0 Å². The third-order valence-corrected chi connectivity index (χ3v) is 3.92. The van der Waals surface area contributed by atoms with Gasteiger partial charge in [0.15, 0.2) is 0 Å². The fourth-order valence-corrected chi connectivity index (χ4v) is 2.36. The van der Waals surface area contributed by atoms with E-state index in [-0.39, 0.29) is 5.41 Å². The molecule has 2 rings (SSSR count). The number of carbonyl (C=O) groups excluding carboxylic acids is 1. The number of nitrogens with one attached hydrogen (secondary N) is 1. The summed E-state index contributed by atoms with van der Waals surface area (Å²) in [6, 6.07) is 5.35. The van der Waals surface area contributed by atoms with Gasteiger partial charge in [-0.1, -0.05) is 13.0 Å². The number of esters is 1. The van der Waals surface area contributed by atoms with E-state index in [0.717, 1.165) is 38.3 Å². The van der Waals surface area contributed by atoms with Crippen LogP contribution in [-0.2, 0) is 9.47 Å². The third-order valence-electron chi connectivity index (χ3n) is 3.92. The van der Waals surface area contributed by atoms with Gasteiger partial charge in [-0.05, 0) is 30.4 Å². The lowest BCUT2D eigenvalue weighted by atomic mass is 9.82. The summed E-state index contributed by atoms with van der Waals surface area (Å²) in [4.78, 5) is 11.6. The summed E-state index contributed by atoms with van der Waals surface area (Å²) in [5.41, 5.74) is 7.85. The first-order chi connectivity index (χ1) is 9.56. The van der Waals surface area contributed by atoms with Gasteiger partial charge in [-0.15, -0.1) is 0 Å². The number of nitrogens with two attached hydrogens (primary N) is 1. The van der Waals surface area contributed by atoms with Crippen LogP contribution in [0.2, 0.25) is 0 Å². The lowest BCUT2D eigenvalue weighted by molar-refractivity contribution is 0.0300. The predicted octanol–water partition coefficient (Wildman–Crippen LogP) is 2.28. The normalized spacial score (nSPS) is 17.5. The molecule has 5 heteroatoms. The minimum Gasteiger partial charge on any atom is -0.465 e. The highest BCUT2D eigenvalue weighted by molar-refractivity contribution is 5.98. The highest BCUT2D eigenvalue weighted by Gasteiger charge is 2.27. The average molecular weight is 278 g/mol. The Morgan fingerprint density at radius 2 is 2.15 bits per heavy atom. The molecule has 0 aromatic heterocycles. The number of carbonyl (C=O) groups is 1. The number of hydrogen-bond acceptors (Lipinski definition) is 5. The Kier molecular flexibility index (Phi) is 4.49. The van der Waals surface area contributed by atoms with Gasteiger partial charge in [0, 0.05) is 19.8 Å². The summed E-state index contributed by atoms with van der Waals surface area (Å²) in [5, 5.41) is 3.35. The number of benzene rings is 1. The van der Waals surface area contributed by atoms with Gasteiger partial charge in [-0.2, -0.15) is 0 Å². The largest absolute Gasteiger partial charge is 0.465 e. The molecule has 3 N–H and O–H groups in total. The maximum Gasteiger partial charge on any atom is 0.340 e. The second-order valence-corrected chi connectivity index (χ2v) is 5.53. The molecule has 0 spiro atoms. The Bertz CT molecular complexity index is 482. The summed E-state index contributed by atoms with van der Waals surface area (Å²) in [5.74, 6) is -0.413. The number of para-hydroxylation sites is 1. The van der Waals surface area contributed by atoms with E-state index in [9.17, 15) is 4.79 Å². The molecule has 1 heterocycles. The van der Waals surface area contributed by atoms with Crippen molar-refractivity contribution in [2.24, 2.45) is 5.41 Å². The van der Waals surface area contributed by atoms with Crippen molar-refractivity contribution in [2.45, 2.75) is 19.8 Å². The minimum atomic E-state index is -0.413. The van der Waals surface area contributed by atoms with E-state index in [1.165, 1.54) is 7.11 Å². The van der Waals surface area contributed by atoms with Crippen molar-refractivity contribution in [3.05, 3.63) is 23.8 Å². The van der Waals surface area contributed by atoms with Crippen molar-refractivity contribution < 1.29 is 14.3 Å². The van der Waals surface area contributed by atoms with Crippen LogP contribution in [0.4, 0.5) is 11.4 Å². The molecule has 110 valence electrons. The van der Waals surface area contributed by atoms with Gasteiger partial charge in [0.1, 0.15) is 0 Å². The zero-order chi connectivity index (χ0) is 14.6. The molecule has 1 aromatic rings. The smallest absolute Gasteiger partial charge is 0.340 e. The molecule has 1 aromatic carbocycles. The number of ether oxygens (including phenoxy) is 2. The number of nitrogen functional groups attached to an aromatic ring is 1. The summed E-state index contributed by atoms with van der Waals surface area (Å²) in [7, 11) is 1.35. The summed E-state index contributed by atoms with van der Waals surface area (Å²) in [6.45, 7) is 4.65. The summed E-state index contributed by atoms with van der Waals surface area (Å²) >= 11 is 0. The molecule has 0 atom stereocenters. The molecule has 0 radical (unpaired) electrons. The molecule has 0 saturated carbocycles. The first kappa shape index (κ1) is 14.7. The molecule has 0 amide bonds. The average Bonchev–Trinajstić information content (AvgIpc) is 2.46. The van der Waals surface area contributed by atoms with Crippen molar-refractivity contribution in [1.29, 1.82) is 0 Å². The van der Waals surface area contributed by atoms with Gasteiger partial charge >= 0.3 is 5.97 Å². The van der Waals surface area contributed by atoms with Gasteiger partial charge < -0.3 is 20.5 Å². The van der Waals surface area contributed by atoms with Gasteiger partial charge in [0.25, 0.3) is 0 Å². The van der Waals surface area contributed by atoms with E-state index in [1.54, 1.807) is 12.1 Å². The molecule has 1 aliphatic rings. The van der Waals surface area contributed by atoms with Crippen LogP contribution >= 0.6 is 0 Å². The fraction of sp³-hybridized carbons (Fsp3) is 0.533. The maximum atomic E-state index is 11.6. The van der Waals surface area contributed by atoms with Crippen LogP contribution in [-0.4, -0.2) is 32.8 Å². The van der Waals surface area contributed by atoms with E-state index < -0.39 is 5.97 Å². The molecule has 1 fully saturated rings. The Morgan fingerprint density at radius 1 is 1.45 bits per heavy atom. The van der Waals surface area contributed by atoms with Crippen LogP contribution in [0.25, 0.3) is 0 Å². The van der Waals surface area contributed by atoms with Crippen LogP contribution in [0.1, 0.15) is 30.1 Å². The maximum absolute atomic E-state index is 11.6. The highest BCUT2D eigenvalue weighted by Crippen LogP contribution is 2.31. The standard InChI is InChI=1S/C15H22N2O3/c1-15(6-8-20-9-7-15)10-17-12-5-3-4-11(13(12)16)14(18)19-2/h3-5,17H,6-10,16H2,1-2H3. The zero-order valence-corrected chi connectivity index (χ0v) is 12.1. The molecule has 0 unspecified atom stereocenters. The van der Waals surface area contributed by atoms with Crippen LogP contribution in [0.5, 0.6) is 0 Å². The molecular weight excluding hydrogens is 256 g/mol. The van der Waals surface area contributed by atoms with Gasteiger partial charge in [-0.25, -0.2) is 4.79 Å². The zero-order valence-electron chi connectivity index (χ0n) is 12.1. The topological polar surface area (TPSA) is 73.6 Å². The molecular formula is C15H22N2O3. The minimum absolute atomic E-state index is 0.200. The second-order valence-electron chi connectivity index (χ2n) is 5.53. The summed E-state index contributed by atoms with van der Waals surface area (Å²) < 4.78 is 10.1. The monoisotopic (exact) mass is 278 g/mol. The lowest BCUT2D eigenvalue weighted by Gasteiger charge is -2.34. The molecule has 20 heavy (non-hydrogen) atoms. The Balaban J connectivity index is 2.08. The Labute approximate surface area is 119 Å². The number of anilines is 2. The molecule has 1 aliphatic heterocycles. The number of rotatable bonds is 4. The first-order valence-electron chi connectivity index (χ1n) is 6.84. The SMILES string of the molecule is COC(=O)c1cccc(NCC2(C)CCOCC2)c1N. The lowest BCUT2D eigenvalue weighted by Crippen LogP contribution is -2.33. The second kappa shape index (κ2) is 6.13. The van der Waals surface area contributed by atoms with E-state index in [2.05, 4.69) is 12.2 Å². The number of hydrogen-bond donors (Lipinski definition) is 2. The van der Waals surface area contributed by atoms with Crippen LogP contribution in [0.3, 0.4) is 0 Å². The van der Waals surface area contributed by atoms with E-state index in [0.29, 0.717) is 11.3 Å². The quantitative estimate of drug-likeness (QED) is 0.653. The predicted molar refractivity (Wildman–Crippen MR) is 78.8 cm³/mol. The molecule has 0 bridgehead atoms. The van der Waals surface area contributed by atoms with Gasteiger partial charge in [-0.3, -0.25) is 0 Å². The van der Waals surface area contributed by atoms with Crippen molar-refractivity contribution >= 4 is 17.3 Å². The van der Waals surface area contributed by atoms with Gasteiger partial charge in [0.2, 0.25) is 0 Å². The van der Waals surface area contributed by atoms with Crippen molar-refractivity contribution in [3.63, 3.8) is 0 Å². The summed E-state index contributed by atoms with van der Waals surface area (Å²) in [6.07, 6.45) is 2.05. The van der Waals surface area contributed by atoms with E-state index in [1.807, 2.05) is 6.07 Å². The third kappa shape index (κ3) is 3.22. The highest BCUT2D eigenvalue weighted by atomic mass is 16.5. The number of methoxy groups -OCH3 is 1. The Hall–Kier alpha value is -1.75. The first-order valence-corrected chi connectivity index (χ1v) is 6.84. The molecule has 1 saturated heterocycles. The molecule has 0 aliphatic carbocycles. The van der Waals surface area contributed by atoms with E-state index >= 15 is 0 Å². The fourth-order valence-electron chi connectivity index (χ4n) is 2.36. The van der Waals surface area contributed by atoms with Crippen LogP contribution in [0, 0.1) is 5.41 Å². The van der Waals surface area contributed by atoms with Crippen LogP contribution < -0.4 is 11.1 Å². The van der Waals surface area contributed by atoms with Crippen LogP contribution in [0.15, 0.2) is 18.2 Å². The van der Waals surface area contributed by atoms with Gasteiger partial charge in [0.05, 0.1) is 24.0 Å². The van der Waals surface area contributed by atoms with E-state index in [4.69, 9.17) is 15.2 Å². The Morgan fingerprint density at radius 3 is 2.80 bits per heavy atom.